The van der Waals surface area contributed by atoms with E-state index in [2.05, 4.69) is 49.5 Å². The van der Waals surface area contributed by atoms with E-state index in [0.717, 1.165) is 24.9 Å². The van der Waals surface area contributed by atoms with Gasteiger partial charge in [0, 0.05) is 6.04 Å². The van der Waals surface area contributed by atoms with Crippen molar-refractivity contribution in [3.63, 3.8) is 0 Å². The summed E-state index contributed by atoms with van der Waals surface area (Å²) < 4.78 is 0. The van der Waals surface area contributed by atoms with Crippen LogP contribution in [0.5, 0.6) is 0 Å². The summed E-state index contributed by atoms with van der Waals surface area (Å²) in [6, 6.07) is 14.6. The molecule has 21 heavy (non-hydrogen) atoms. The first kappa shape index (κ1) is 16.4. The van der Waals surface area contributed by atoms with Crippen molar-refractivity contribution in [2.75, 3.05) is 6.54 Å². The van der Waals surface area contributed by atoms with Crippen LogP contribution in [0.1, 0.15) is 36.1 Å². The Kier molecular flexibility index (Phi) is 6.10. The fourth-order valence-electron chi connectivity index (χ4n) is 2.48. The molecule has 0 spiro atoms. The highest BCUT2D eigenvalue weighted by atomic mass is 35.5. The zero-order chi connectivity index (χ0) is 15.2. The lowest BCUT2D eigenvalue weighted by Crippen LogP contribution is -2.24. The van der Waals surface area contributed by atoms with Crippen LogP contribution in [0.4, 0.5) is 0 Å². The maximum atomic E-state index is 6.39. The number of nitrogens with one attached hydrogen (secondary N) is 1. The first-order chi connectivity index (χ1) is 10.1. The van der Waals surface area contributed by atoms with Gasteiger partial charge >= 0.3 is 0 Å². The van der Waals surface area contributed by atoms with Crippen molar-refractivity contribution in [2.45, 2.75) is 32.7 Å². The molecule has 0 aromatic heterocycles. The van der Waals surface area contributed by atoms with E-state index in [1.165, 1.54) is 11.1 Å². The van der Waals surface area contributed by atoms with Crippen LogP contribution in [0.25, 0.3) is 0 Å². The summed E-state index contributed by atoms with van der Waals surface area (Å²) >= 11 is 12.6. The van der Waals surface area contributed by atoms with E-state index in [9.17, 15) is 0 Å². The highest BCUT2D eigenvalue weighted by Gasteiger charge is 2.16. The molecule has 0 heterocycles. The fraction of sp³-hybridized carbons (Fsp3) is 0.333. The molecule has 2 rings (SSSR count). The van der Waals surface area contributed by atoms with E-state index in [4.69, 9.17) is 23.2 Å². The summed E-state index contributed by atoms with van der Waals surface area (Å²) in [5, 5.41) is 4.84. The SMILES string of the molecule is CCCNC(Cc1cccc(C)c1)c1cccc(Cl)c1Cl. The average Bonchev–Trinajstić information content (AvgIpc) is 2.47. The predicted octanol–water partition coefficient (Wildman–Crippen LogP) is 5.59. The molecule has 1 unspecified atom stereocenters. The Morgan fingerprint density at radius 3 is 2.57 bits per heavy atom. The second-order valence-corrected chi connectivity index (χ2v) is 6.13. The van der Waals surface area contributed by atoms with Crippen LogP contribution in [0.3, 0.4) is 0 Å². The zero-order valence-corrected chi connectivity index (χ0v) is 14.0. The van der Waals surface area contributed by atoms with Crippen LogP contribution in [0.2, 0.25) is 10.0 Å². The molecule has 0 saturated heterocycles. The number of hydrogen-bond acceptors (Lipinski definition) is 1. The summed E-state index contributed by atoms with van der Waals surface area (Å²) in [4.78, 5) is 0. The van der Waals surface area contributed by atoms with Crippen molar-refractivity contribution in [3.8, 4) is 0 Å². The molecule has 0 bridgehead atoms. The van der Waals surface area contributed by atoms with Gasteiger partial charge in [-0.1, -0.05) is 72.1 Å². The number of benzene rings is 2. The Labute approximate surface area is 137 Å². The fourth-order valence-corrected chi connectivity index (χ4v) is 2.91. The maximum absolute atomic E-state index is 6.39. The number of halogens is 2. The molecule has 0 amide bonds. The van der Waals surface area contributed by atoms with Crippen molar-refractivity contribution < 1.29 is 0 Å². The Morgan fingerprint density at radius 2 is 1.86 bits per heavy atom. The molecular formula is C18H21Cl2N. The molecule has 0 aliphatic carbocycles. The smallest absolute Gasteiger partial charge is 0.0640 e. The third kappa shape index (κ3) is 4.47. The third-order valence-corrected chi connectivity index (χ3v) is 4.35. The van der Waals surface area contributed by atoms with Crippen LogP contribution in [0.15, 0.2) is 42.5 Å². The Hall–Kier alpha value is -1.02. The van der Waals surface area contributed by atoms with Gasteiger partial charge in [0.25, 0.3) is 0 Å². The zero-order valence-electron chi connectivity index (χ0n) is 12.5. The van der Waals surface area contributed by atoms with E-state index in [-0.39, 0.29) is 6.04 Å². The summed E-state index contributed by atoms with van der Waals surface area (Å²) in [7, 11) is 0. The van der Waals surface area contributed by atoms with Crippen LogP contribution in [-0.4, -0.2) is 6.54 Å². The van der Waals surface area contributed by atoms with Gasteiger partial charge in [0.15, 0.2) is 0 Å². The predicted molar refractivity (Wildman–Crippen MR) is 92.4 cm³/mol. The summed E-state index contributed by atoms with van der Waals surface area (Å²) in [6.45, 7) is 5.24. The molecule has 2 aromatic carbocycles. The number of hydrogen-bond donors (Lipinski definition) is 1. The lowest BCUT2D eigenvalue weighted by atomic mass is 9.97. The quantitative estimate of drug-likeness (QED) is 0.731. The molecule has 0 radical (unpaired) electrons. The molecule has 1 N–H and O–H groups in total. The molecule has 0 saturated carbocycles. The largest absolute Gasteiger partial charge is 0.310 e. The number of rotatable bonds is 6. The molecule has 112 valence electrons. The van der Waals surface area contributed by atoms with E-state index < -0.39 is 0 Å². The van der Waals surface area contributed by atoms with Crippen LogP contribution in [-0.2, 0) is 6.42 Å². The van der Waals surface area contributed by atoms with Crippen LogP contribution in [0, 0.1) is 6.92 Å². The molecule has 3 heteroatoms. The van der Waals surface area contributed by atoms with Gasteiger partial charge in [0.1, 0.15) is 0 Å². The topological polar surface area (TPSA) is 12.0 Å². The summed E-state index contributed by atoms with van der Waals surface area (Å²) in [5.41, 5.74) is 3.65. The van der Waals surface area contributed by atoms with Crippen LogP contribution >= 0.6 is 23.2 Å². The summed E-state index contributed by atoms with van der Waals surface area (Å²) in [6.07, 6.45) is 1.99. The maximum Gasteiger partial charge on any atom is 0.0640 e. The lowest BCUT2D eigenvalue weighted by molar-refractivity contribution is 0.529. The monoisotopic (exact) mass is 321 g/mol. The number of aryl methyl sites for hydroxylation is 1. The minimum absolute atomic E-state index is 0.179. The van der Waals surface area contributed by atoms with Crippen molar-refractivity contribution in [1.29, 1.82) is 0 Å². The second-order valence-electron chi connectivity index (χ2n) is 5.34. The van der Waals surface area contributed by atoms with E-state index >= 15 is 0 Å². The normalized spacial score (nSPS) is 12.4. The lowest BCUT2D eigenvalue weighted by Gasteiger charge is -2.21. The van der Waals surface area contributed by atoms with Gasteiger partial charge in [-0.25, -0.2) is 0 Å². The summed E-state index contributed by atoms with van der Waals surface area (Å²) in [5.74, 6) is 0. The molecule has 1 nitrogen and oxygen atoms in total. The second kappa shape index (κ2) is 7.84. The van der Waals surface area contributed by atoms with Gasteiger partial charge in [0.2, 0.25) is 0 Å². The van der Waals surface area contributed by atoms with Gasteiger partial charge in [-0.2, -0.15) is 0 Å². The van der Waals surface area contributed by atoms with Gasteiger partial charge in [0.05, 0.1) is 10.0 Å². The minimum atomic E-state index is 0.179. The van der Waals surface area contributed by atoms with E-state index in [0.29, 0.717) is 10.0 Å². The molecule has 2 aromatic rings. The molecule has 0 aliphatic heterocycles. The molecule has 0 fully saturated rings. The van der Waals surface area contributed by atoms with Crippen molar-refractivity contribution in [1.82, 2.24) is 5.32 Å². The Bertz CT molecular complexity index is 596. The highest BCUT2D eigenvalue weighted by Crippen LogP contribution is 2.31. The standard InChI is InChI=1S/C18H21Cl2N/c1-3-10-21-17(12-14-7-4-6-13(2)11-14)15-8-5-9-16(19)18(15)20/h4-9,11,17,21H,3,10,12H2,1-2H3. The van der Waals surface area contributed by atoms with Gasteiger partial charge in [-0.15, -0.1) is 0 Å². The van der Waals surface area contributed by atoms with Crippen molar-refractivity contribution >= 4 is 23.2 Å². The molecular weight excluding hydrogens is 301 g/mol. The van der Waals surface area contributed by atoms with Crippen molar-refractivity contribution in [2.24, 2.45) is 0 Å². The Morgan fingerprint density at radius 1 is 1.10 bits per heavy atom. The van der Waals surface area contributed by atoms with E-state index in [1.54, 1.807) is 0 Å². The highest BCUT2D eigenvalue weighted by molar-refractivity contribution is 6.42. The first-order valence-electron chi connectivity index (χ1n) is 7.34. The first-order valence-corrected chi connectivity index (χ1v) is 8.10. The molecule has 1 atom stereocenters. The Balaban J connectivity index is 2.27. The van der Waals surface area contributed by atoms with Gasteiger partial charge in [-0.3, -0.25) is 0 Å². The average molecular weight is 322 g/mol. The van der Waals surface area contributed by atoms with Crippen molar-refractivity contribution in [3.05, 3.63) is 69.2 Å². The minimum Gasteiger partial charge on any atom is -0.310 e. The molecule has 0 aliphatic rings. The van der Waals surface area contributed by atoms with Gasteiger partial charge < -0.3 is 5.32 Å². The van der Waals surface area contributed by atoms with Gasteiger partial charge in [-0.05, 0) is 43.5 Å². The third-order valence-electron chi connectivity index (χ3n) is 3.52. The van der Waals surface area contributed by atoms with Crippen LogP contribution < -0.4 is 5.32 Å². The van der Waals surface area contributed by atoms with E-state index in [1.807, 2.05) is 12.1 Å².